The number of aryl methyl sites for hydroxylation is 1. The van der Waals surface area contributed by atoms with Gasteiger partial charge in [0.1, 0.15) is 32.8 Å². The van der Waals surface area contributed by atoms with E-state index in [1.807, 2.05) is 0 Å². The summed E-state index contributed by atoms with van der Waals surface area (Å²) in [4.78, 5) is -0.515. The fourth-order valence-corrected chi connectivity index (χ4v) is 5.57. The van der Waals surface area contributed by atoms with Gasteiger partial charge < -0.3 is 17.8 Å². The Hall–Kier alpha value is -2.66. The molecule has 33 heavy (non-hydrogen) atoms. The summed E-state index contributed by atoms with van der Waals surface area (Å²) in [5.74, 6) is -0.00191. The molecule has 3 aromatic rings. The van der Waals surface area contributed by atoms with Crippen LogP contribution in [0.3, 0.4) is 0 Å². The van der Waals surface area contributed by atoms with Gasteiger partial charge >= 0.3 is 20.2 Å². The molecule has 3 rings (SSSR count). The Morgan fingerprint density at radius 3 is 1.55 bits per heavy atom. The van der Waals surface area contributed by atoms with Crippen LogP contribution in [-0.2, 0) is 20.2 Å². The average Bonchev–Trinajstić information content (AvgIpc) is 2.75. The molecule has 0 aliphatic rings. The molecule has 0 atom stereocenters. The van der Waals surface area contributed by atoms with Crippen LogP contribution >= 0.6 is 23.2 Å². The maximum atomic E-state index is 12.8. The molecule has 0 spiro atoms. The van der Waals surface area contributed by atoms with Gasteiger partial charge in [-0.25, -0.2) is 0 Å². The van der Waals surface area contributed by atoms with Crippen molar-refractivity contribution in [1.82, 2.24) is 0 Å². The summed E-state index contributed by atoms with van der Waals surface area (Å²) < 4.78 is 71.6. The number of benzene rings is 3. The summed E-state index contributed by atoms with van der Waals surface area (Å²) in [5, 5.41) is 0.361. The van der Waals surface area contributed by atoms with E-state index < -0.39 is 20.2 Å². The highest BCUT2D eigenvalue weighted by Crippen LogP contribution is 2.34. The fraction of sp³-hybridized carbons (Fsp3) is 0.143. The van der Waals surface area contributed by atoms with Crippen LogP contribution in [0.1, 0.15) is 5.56 Å². The van der Waals surface area contributed by atoms with Crippen molar-refractivity contribution in [3.63, 3.8) is 0 Å². The zero-order valence-electron chi connectivity index (χ0n) is 17.5. The zero-order valence-corrected chi connectivity index (χ0v) is 20.7. The van der Waals surface area contributed by atoms with Crippen molar-refractivity contribution in [3.05, 3.63) is 70.2 Å². The molecule has 0 N–H and O–H groups in total. The monoisotopic (exact) mass is 532 g/mol. The molecule has 12 heteroatoms. The van der Waals surface area contributed by atoms with Crippen molar-refractivity contribution in [2.24, 2.45) is 0 Å². The first-order valence-electron chi connectivity index (χ1n) is 9.13. The molecular formula is C21H18Cl2O8S2. The summed E-state index contributed by atoms with van der Waals surface area (Å²) in [6, 6.07) is 12.0. The molecule has 0 amide bonds. The molecule has 0 unspecified atom stereocenters. The van der Waals surface area contributed by atoms with E-state index in [0.717, 1.165) is 0 Å². The van der Waals surface area contributed by atoms with Crippen LogP contribution in [0.4, 0.5) is 0 Å². The average molecular weight is 533 g/mol. The first-order valence-corrected chi connectivity index (χ1v) is 12.7. The van der Waals surface area contributed by atoms with Crippen molar-refractivity contribution in [2.45, 2.75) is 16.7 Å². The highest BCUT2D eigenvalue weighted by atomic mass is 35.5. The van der Waals surface area contributed by atoms with E-state index >= 15 is 0 Å². The number of hydrogen-bond donors (Lipinski definition) is 0. The predicted molar refractivity (Wildman–Crippen MR) is 123 cm³/mol. The quantitative estimate of drug-likeness (QED) is 0.379. The van der Waals surface area contributed by atoms with Crippen molar-refractivity contribution in [3.8, 4) is 23.0 Å². The van der Waals surface area contributed by atoms with Crippen LogP contribution in [0.5, 0.6) is 23.0 Å². The van der Waals surface area contributed by atoms with E-state index in [9.17, 15) is 16.8 Å². The second-order valence-electron chi connectivity index (χ2n) is 6.59. The number of rotatable bonds is 8. The molecule has 176 valence electrons. The molecule has 0 aliphatic heterocycles. The van der Waals surface area contributed by atoms with Gasteiger partial charge in [-0.15, -0.1) is 0 Å². The number of ether oxygens (including phenoxy) is 2. The Bertz CT molecular complexity index is 1400. The van der Waals surface area contributed by atoms with Gasteiger partial charge in [-0.3, -0.25) is 0 Å². The number of hydrogen-bond acceptors (Lipinski definition) is 8. The molecule has 0 fully saturated rings. The lowest BCUT2D eigenvalue weighted by Gasteiger charge is -2.14. The number of methoxy groups -OCH3 is 2. The van der Waals surface area contributed by atoms with E-state index in [4.69, 9.17) is 41.0 Å². The topological polar surface area (TPSA) is 105 Å². The summed E-state index contributed by atoms with van der Waals surface area (Å²) in [6.07, 6.45) is 0. The van der Waals surface area contributed by atoms with E-state index in [0.29, 0.717) is 5.56 Å². The molecule has 0 heterocycles. The third-order valence-corrected chi connectivity index (χ3v) is 7.34. The van der Waals surface area contributed by atoms with Gasteiger partial charge in [0.25, 0.3) is 0 Å². The van der Waals surface area contributed by atoms with E-state index in [2.05, 4.69) is 0 Å². The molecule has 3 aromatic carbocycles. The Morgan fingerprint density at radius 1 is 0.636 bits per heavy atom. The van der Waals surface area contributed by atoms with Crippen molar-refractivity contribution >= 4 is 43.4 Å². The first-order chi connectivity index (χ1) is 15.5. The summed E-state index contributed by atoms with van der Waals surface area (Å²) in [7, 11) is -5.98. The van der Waals surface area contributed by atoms with Gasteiger partial charge in [0, 0.05) is 10.0 Å². The maximum Gasteiger partial charge on any atom is 0.342 e. The summed E-state index contributed by atoms with van der Waals surface area (Å²) in [6.45, 7) is 1.53. The van der Waals surface area contributed by atoms with Gasteiger partial charge in [-0.2, -0.15) is 16.8 Å². The highest BCUT2D eigenvalue weighted by molar-refractivity contribution is 7.87. The fourth-order valence-electron chi connectivity index (χ4n) is 2.79. The SMILES string of the molecule is COc1ccc(Cl)cc1S(=O)(=O)Oc1ccc(OS(=O)(=O)c2cc(Cl)ccc2OC)c(C)c1. The minimum absolute atomic E-state index is 0.0397. The third kappa shape index (κ3) is 5.64. The molecule has 0 saturated heterocycles. The van der Waals surface area contributed by atoms with Gasteiger partial charge in [-0.1, -0.05) is 23.2 Å². The first kappa shape index (κ1) is 25.0. The Balaban J connectivity index is 1.89. The van der Waals surface area contributed by atoms with Crippen LogP contribution in [-0.4, -0.2) is 31.1 Å². The highest BCUT2D eigenvalue weighted by Gasteiger charge is 2.25. The third-order valence-electron chi connectivity index (χ3n) is 4.34. The summed E-state index contributed by atoms with van der Waals surface area (Å²) in [5.41, 5.74) is 0.297. The maximum absolute atomic E-state index is 12.8. The Kier molecular flexibility index (Phi) is 7.32. The van der Waals surface area contributed by atoms with Crippen LogP contribution in [0.15, 0.2) is 64.4 Å². The predicted octanol–water partition coefficient (Wildman–Crippen LogP) is 4.85. The van der Waals surface area contributed by atoms with E-state index in [1.54, 1.807) is 0 Å². The standard InChI is InChI=1S/C21H18Cl2O8S2/c1-13-10-16(30-32(24,25)20-11-14(22)4-7-18(20)28-2)6-9-17(13)31-33(26,27)21-12-15(23)5-8-19(21)29-3/h4-12H,1-3H3. The minimum atomic E-state index is -4.31. The second kappa shape index (κ2) is 9.68. The minimum Gasteiger partial charge on any atom is -0.495 e. The van der Waals surface area contributed by atoms with E-state index in [-0.39, 0.29) is 42.8 Å². The lowest BCUT2D eigenvalue weighted by molar-refractivity contribution is 0.397. The largest absolute Gasteiger partial charge is 0.495 e. The molecule has 0 radical (unpaired) electrons. The lowest BCUT2D eigenvalue weighted by Crippen LogP contribution is -2.13. The number of halogens is 2. The molecule has 0 saturated carbocycles. The molecule has 8 nitrogen and oxygen atoms in total. The van der Waals surface area contributed by atoms with Crippen molar-refractivity contribution < 1.29 is 34.7 Å². The lowest BCUT2D eigenvalue weighted by atomic mass is 10.2. The molecule has 0 aliphatic carbocycles. The van der Waals surface area contributed by atoms with Crippen LogP contribution in [0.25, 0.3) is 0 Å². The second-order valence-corrected chi connectivity index (χ2v) is 10.5. The van der Waals surface area contributed by atoms with Crippen LogP contribution in [0.2, 0.25) is 10.0 Å². The van der Waals surface area contributed by atoms with Crippen molar-refractivity contribution in [1.29, 1.82) is 0 Å². The van der Waals surface area contributed by atoms with Gasteiger partial charge in [0.05, 0.1) is 14.2 Å². The Labute approximate surface area is 201 Å². The molecule has 0 aromatic heterocycles. The normalized spacial score (nSPS) is 11.7. The zero-order chi connectivity index (χ0) is 24.4. The van der Waals surface area contributed by atoms with Gasteiger partial charge in [0.2, 0.25) is 0 Å². The molecular weight excluding hydrogens is 515 g/mol. The van der Waals surface area contributed by atoms with Crippen LogP contribution < -0.4 is 17.8 Å². The van der Waals surface area contributed by atoms with Gasteiger partial charge in [-0.05, 0) is 67.1 Å². The summed E-state index contributed by atoms with van der Waals surface area (Å²) >= 11 is 11.8. The Morgan fingerprint density at radius 2 is 1.09 bits per heavy atom. The van der Waals surface area contributed by atoms with E-state index in [1.165, 1.54) is 75.7 Å². The van der Waals surface area contributed by atoms with Gasteiger partial charge in [0.15, 0.2) is 0 Å². The smallest absolute Gasteiger partial charge is 0.342 e. The van der Waals surface area contributed by atoms with Crippen molar-refractivity contribution in [2.75, 3.05) is 14.2 Å². The van der Waals surface area contributed by atoms with Crippen LogP contribution in [0, 0.1) is 6.92 Å². The molecule has 0 bridgehead atoms.